The number of amides is 3. The molecule has 1 aliphatic carbocycles. The number of carboxylic acid groups (broad SMARTS) is 1. The number of benzene rings is 3. The summed E-state index contributed by atoms with van der Waals surface area (Å²) in [6.07, 6.45) is 0.164. The highest BCUT2D eigenvalue weighted by Crippen LogP contribution is 2.44. The number of unbranched alkanes of at least 4 members (excludes halogenated alkanes) is 1. The highest BCUT2D eigenvalue weighted by atomic mass is 16.6. The first kappa shape index (κ1) is 30.6. The van der Waals surface area contributed by atoms with Gasteiger partial charge >= 0.3 is 18.2 Å². The standard InChI is InChI=1S/C34H37N3O7/c1-34(31(39)40,18-9-10-19-35-32(41)43-21-23-11-3-2-4-12-23)37-20-17-29(30(37)38)36-33(42)44-22-28-26-15-7-5-13-24(26)25-14-6-8-16-27(25)28/h2-8,11-16,28-29H,9-10,17-22H2,1H3,(H,35,41)(H,36,42)(H,39,40)/t29-,34?/m0/s1. The molecular formula is C34H37N3O7. The lowest BCUT2D eigenvalue weighted by molar-refractivity contribution is -0.157. The van der Waals surface area contributed by atoms with Crippen LogP contribution in [0, 0.1) is 0 Å². The molecule has 0 aromatic heterocycles. The van der Waals surface area contributed by atoms with Gasteiger partial charge < -0.3 is 30.1 Å². The van der Waals surface area contributed by atoms with Crippen LogP contribution in [0.1, 0.15) is 55.2 Å². The SMILES string of the molecule is CC(CCCCNC(=O)OCc1ccccc1)(C(=O)O)N1CC[C@H](NC(=O)OCC2c3ccccc3-c3ccccc32)C1=O. The van der Waals surface area contributed by atoms with Crippen LogP contribution in [0.15, 0.2) is 78.9 Å². The van der Waals surface area contributed by atoms with Gasteiger partial charge in [-0.05, 0) is 60.4 Å². The molecule has 1 unspecified atom stereocenters. The molecule has 2 atom stereocenters. The fraction of sp³-hybridized carbons (Fsp3) is 0.353. The minimum Gasteiger partial charge on any atom is -0.480 e. The summed E-state index contributed by atoms with van der Waals surface area (Å²) in [5.41, 5.74) is 3.82. The van der Waals surface area contributed by atoms with Crippen molar-refractivity contribution in [1.82, 2.24) is 15.5 Å². The molecule has 0 saturated carbocycles. The molecule has 3 N–H and O–H groups in total. The van der Waals surface area contributed by atoms with Crippen LogP contribution in [0.5, 0.6) is 0 Å². The maximum atomic E-state index is 13.3. The predicted molar refractivity (Wildman–Crippen MR) is 163 cm³/mol. The van der Waals surface area contributed by atoms with Gasteiger partial charge in [-0.1, -0.05) is 78.9 Å². The van der Waals surface area contributed by atoms with Crippen molar-refractivity contribution in [2.24, 2.45) is 0 Å². The number of ether oxygens (including phenoxy) is 2. The van der Waals surface area contributed by atoms with Crippen LogP contribution in [-0.4, -0.2) is 65.3 Å². The van der Waals surface area contributed by atoms with E-state index in [9.17, 15) is 24.3 Å². The number of aliphatic carboxylic acids is 1. The molecule has 1 saturated heterocycles. The van der Waals surface area contributed by atoms with Crippen molar-refractivity contribution in [1.29, 1.82) is 0 Å². The number of rotatable bonds is 12. The van der Waals surface area contributed by atoms with Crippen LogP contribution < -0.4 is 10.6 Å². The highest BCUT2D eigenvalue weighted by Gasteiger charge is 2.47. The average Bonchev–Trinajstić information content (AvgIpc) is 3.56. The maximum absolute atomic E-state index is 13.3. The Kier molecular flexibility index (Phi) is 9.47. The number of nitrogens with zero attached hydrogens (tertiary/aromatic N) is 1. The van der Waals surface area contributed by atoms with Crippen molar-refractivity contribution >= 4 is 24.1 Å². The Balaban J connectivity index is 1.08. The third-order valence-corrected chi connectivity index (χ3v) is 8.47. The number of carboxylic acids is 1. The number of alkyl carbamates (subject to hydrolysis) is 2. The number of hydrogen-bond donors (Lipinski definition) is 3. The summed E-state index contributed by atoms with van der Waals surface area (Å²) in [4.78, 5) is 51.7. The van der Waals surface area contributed by atoms with Crippen molar-refractivity contribution in [2.75, 3.05) is 19.7 Å². The monoisotopic (exact) mass is 599 g/mol. The summed E-state index contributed by atoms with van der Waals surface area (Å²) < 4.78 is 10.8. The third kappa shape index (κ3) is 6.69. The molecule has 10 nitrogen and oxygen atoms in total. The van der Waals surface area contributed by atoms with Crippen LogP contribution in [0.25, 0.3) is 11.1 Å². The van der Waals surface area contributed by atoms with Crippen molar-refractivity contribution < 1.29 is 33.8 Å². The largest absolute Gasteiger partial charge is 0.480 e. The molecule has 0 spiro atoms. The molecule has 10 heteroatoms. The summed E-state index contributed by atoms with van der Waals surface area (Å²) >= 11 is 0. The first-order valence-electron chi connectivity index (χ1n) is 14.9. The zero-order valence-electron chi connectivity index (χ0n) is 24.7. The van der Waals surface area contributed by atoms with Gasteiger partial charge in [-0.3, -0.25) is 4.79 Å². The second kappa shape index (κ2) is 13.6. The Bertz CT molecular complexity index is 1470. The van der Waals surface area contributed by atoms with E-state index in [1.165, 1.54) is 11.8 Å². The molecule has 0 bridgehead atoms. The van der Waals surface area contributed by atoms with E-state index in [0.29, 0.717) is 19.4 Å². The van der Waals surface area contributed by atoms with Crippen molar-refractivity contribution in [2.45, 2.75) is 56.7 Å². The zero-order valence-corrected chi connectivity index (χ0v) is 24.7. The van der Waals surface area contributed by atoms with Crippen LogP contribution in [-0.2, 0) is 25.7 Å². The Morgan fingerprint density at radius 1 is 0.886 bits per heavy atom. The van der Waals surface area contributed by atoms with Crippen LogP contribution in [0.4, 0.5) is 9.59 Å². The van der Waals surface area contributed by atoms with Gasteiger partial charge in [0.15, 0.2) is 0 Å². The van der Waals surface area contributed by atoms with Gasteiger partial charge in [0.05, 0.1) is 0 Å². The van der Waals surface area contributed by atoms with Gasteiger partial charge in [0.2, 0.25) is 5.91 Å². The number of hydrogen-bond acceptors (Lipinski definition) is 6. The van der Waals surface area contributed by atoms with Gasteiger partial charge in [-0.15, -0.1) is 0 Å². The summed E-state index contributed by atoms with van der Waals surface area (Å²) in [5, 5.41) is 15.4. The molecular weight excluding hydrogens is 562 g/mol. The predicted octanol–water partition coefficient (Wildman–Crippen LogP) is 5.07. The van der Waals surface area contributed by atoms with Gasteiger partial charge in [0.1, 0.15) is 24.8 Å². The van der Waals surface area contributed by atoms with E-state index in [-0.39, 0.29) is 38.5 Å². The molecule has 2 aliphatic rings. The Morgan fingerprint density at radius 3 is 2.18 bits per heavy atom. The van der Waals surface area contributed by atoms with Gasteiger partial charge in [-0.2, -0.15) is 0 Å². The van der Waals surface area contributed by atoms with E-state index >= 15 is 0 Å². The number of fused-ring (bicyclic) bond motifs is 3. The Hall–Kier alpha value is -4.86. The second-order valence-electron chi connectivity index (χ2n) is 11.3. The fourth-order valence-electron chi connectivity index (χ4n) is 6.00. The zero-order chi connectivity index (χ0) is 31.1. The van der Waals surface area contributed by atoms with Crippen LogP contribution in [0.2, 0.25) is 0 Å². The van der Waals surface area contributed by atoms with Gasteiger partial charge in [-0.25, -0.2) is 14.4 Å². The normalized spacial score (nSPS) is 16.9. The van der Waals surface area contributed by atoms with E-state index in [4.69, 9.17) is 9.47 Å². The molecule has 1 heterocycles. The molecule has 44 heavy (non-hydrogen) atoms. The number of likely N-dealkylation sites (tertiary alicyclic amines) is 1. The molecule has 1 fully saturated rings. The lowest BCUT2D eigenvalue weighted by Crippen LogP contribution is -2.55. The number of carbonyl (C=O) groups excluding carboxylic acids is 3. The number of carbonyl (C=O) groups is 4. The summed E-state index contributed by atoms with van der Waals surface area (Å²) in [7, 11) is 0. The topological polar surface area (TPSA) is 134 Å². The van der Waals surface area contributed by atoms with Crippen molar-refractivity contribution in [3.05, 3.63) is 95.6 Å². The summed E-state index contributed by atoms with van der Waals surface area (Å²) in [6.45, 7) is 2.30. The van der Waals surface area contributed by atoms with E-state index in [2.05, 4.69) is 22.8 Å². The molecule has 3 aromatic rings. The lowest BCUT2D eigenvalue weighted by Gasteiger charge is -2.35. The Morgan fingerprint density at radius 2 is 1.52 bits per heavy atom. The van der Waals surface area contributed by atoms with Crippen LogP contribution in [0.3, 0.4) is 0 Å². The first-order valence-corrected chi connectivity index (χ1v) is 14.9. The molecule has 1 aliphatic heterocycles. The van der Waals surface area contributed by atoms with E-state index < -0.39 is 35.6 Å². The van der Waals surface area contributed by atoms with E-state index in [1.807, 2.05) is 66.7 Å². The lowest BCUT2D eigenvalue weighted by atomic mass is 9.93. The quantitative estimate of drug-likeness (QED) is 0.248. The van der Waals surface area contributed by atoms with Gasteiger partial charge in [0.25, 0.3) is 0 Å². The molecule has 230 valence electrons. The van der Waals surface area contributed by atoms with Crippen molar-refractivity contribution in [3.63, 3.8) is 0 Å². The van der Waals surface area contributed by atoms with Crippen LogP contribution >= 0.6 is 0 Å². The third-order valence-electron chi connectivity index (χ3n) is 8.47. The maximum Gasteiger partial charge on any atom is 0.407 e. The number of nitrogens with one attached hydrogen (secondary N) is 2. The smallest absolute Gasteiger partial charge is 0.407 e. The molecule has 0 radical (unpaired) electrons. The summed E-state index contributed by atoms with van der Waals surface area (Å²) in [6, 6.07) is 24.5. The van der Waals surface area contributed by atoms with E-state index in [1.54, 1.807) is 0 Å². The second-order valence-corrected chi connectivity index (χ2v) is 11.3. The Labute approximate surface area is 256 Å². The minimum absolute atomic E-state index is 0.112. The molecule has 5 rings (SSSR count). The fourth-order valence-corrected chi connectivity index (χ4v) is 6.00. The van der Waals surface area contributed by atoms with E-state index in [0.717, 1.165) is 27.8 Å². The average molecular weight is 600 g/mol. The minimum atomic E-state index is -1.46. The summed E-state index contributed by atoms with van der Waals surface area (Å²) in [5.74, 6) is -1.69. The molecule has 3 aromatic carbocycles. The van der Waals surface area contributed by atoms with Gasteiger partial charge in [0, 0.05) is 19.0 Å². The first-order chi connectivity index (χ1) is 21.3. The molecule has 3 amide bonds. The van der Waals surface area contributed by atoms with Crippen molar-refractivity contribution in [3.8, 4) is 11.1 Å². The highest BCUT2D eigenvalue weighted by molar-refractivity contribution is 5.92.